The Balaban J connectivity index is 0.00000261. The first kappa shape index (κ1) is 21.3. The number of likely N-dealkylation sites (N-methyl/N-ethyl adjacent to an activating group) is 1. The van der Waals surface area contributed by atoms with Gasteiger partial charge in [0.05, 0.1) is 4.70 Å². The summed E-state index contributed by atoms with van der Waals surface area (Å²) >= 11 is 1.32. The Bertz CT molecular complexity index is 924. The SMILES string of the molecule is CC(C)n1nccc1C(=O)N(CCN(C)C)c1nc2c(F)cccc2s1.Cl. The molecule has 0 aliphatic heterocycles. The van der Waals surface area contributed by atoms with E-state index in [2.05, 4.69) is 10.1 Å². The number of carbonyl (C=O) groups excluding carboxylic acids is 1. The Morgan fingerprint density at radius 1 is 1.26 bits per heavy atom. The smallest absolute Gasteiger partial charge is 0.278 e. The first-order chi connectivity index (χ1) is 12.4. The van der Waals surface area contributed by atoms with Crippen LogP contribution in [0, 0.1) is 5.82 Å². The van der Waals surface area contributed by atoms with Gasteiger partial charge in [-0.3, -0.25) is 14.4 Å². The normalized spacial score (nSPS) is 11.2. The van der Waals surface area contributed by atoms with E-state index >= 15 is 0 Å². The van der Waals surface area contributed by atoms with Crippen LogP contribution in [0.3, 0.4) is 0 Å². The molecule has 2 heterocycles. The molecule has 0 N–H and O–H groups in total. The van der Waals surface area contributed by atoms with Crippen LogP contribution in [0.25, 0.3) is 10.2 Å². The maximum atomic E-state index is 14.0. The summed E-state index contributed by atoms with van der Waals surface area (Å²) in [6.07, 6.45) is 1.62. The molecule has 1 amide bonds. The summed E-state index contributed by atoms with van der Waals surface area (Å²) in [5.74, 6) is -0.560. The van der Waals surface area contributed by atoms with E-state index in [1.807, 2.05) is 38.9 Å². The van der Waals surface area contributed by atoms with Gasteiger partial charge in [-0.1, -0.05) is 17.4 Å². The molecule has 0 unspecified atom stereocenters. The van der Waals surface area contributed by atoms with Gasteiger partial charge < -0.3 is 4.90 Å². The van der Waals surface area contributed by atoms with Gasteiger partial charge in [0.25, 0.3) is 5.91 Å². The zero-order valence-corrected chi connectivity index (χ0v) is 17.4. The lowest BCUT2D eigenvalue weighted by molar-refractivity contribution is 0.0973. The van der Waals surface area contributed by atoms with Crippen LogP contribution >= 0.6 is 23.7 Å². The number of para-hydroxylation sites is 1. The molecule has 1 aromatic carbocycles. The average Bonchev–Trinajstić information content (AvgIpc) is 3.22. The number of hydrogen-bond acceptors (Lipinski definition) is 5. The number of thiazole rings is 1. The quantitative estimate of drug-likeness (QED) is 0.618. The fourth-order valence-electron chi connectivity index (χ4n) is 2.64. The van der Waals surface area contributed by atoms with Gasteiger partial charge in [0, 0.05) is 25.3 Å². The maximum Gasteiger partial charge on any atom is 0.278 e. The highest BCUT2D eigenvalue weighted by molar-refractivity contribution is 7.22. The van der Waals surface area contributed by atoms with E-state index in [1.54, 1.807) is 27.9 Å². The molecule has 2 aromatic heterocycles. The lowest BCUT2D eigenvalue weighted by atomic mass is 10.3. The lowest BCUT2D eigenvalue weighted by Crippen LogP contribution is -2.38. The van der Waals surface area contributed by atoms with Crippen molar-refractivity contribution in [1.29, 1.82) is 0 Å². The molecule has 0 aliphatic carbocycles. The fourth-order valence-corrected chi connectivity index (χ4v) is 3.64. The Hall–Kier alpha value is -2.03. The van der Waals surface area contributed by atoms with Gasteiger partial charge in [0.15, 0.2) is 5.13 Å². The summed E-state index contributed by atoms with van der Waals surface area (Å²) in [5.41, 5.74) is 0.797. The monoisotopic (exact) mass is 411 g/mol. The van der Waals surface area contributed by atoms with Crippen molar-refractivity contribution < 1.29 is 9.18 Å². The number of hydrogen-bond donors (Lipinski definition) is 0. The highest BCUT2D eigenvalue weighted by Gasteiger charge is 2.25. The summed E-state index contributed by atoms with van der Waals surface area (Å²) < 4.78 is 16.5. The molecule has 0 bridgehead atoms. The zero-order valence-electron chi connectivity index (χ0n) is 15.7. The van der Waals surface area contributed by atoms with E-state index < -0.39 is 0 Å². The number of benzene rings is 1. The zero-order chi connectivity index (χ0) is 18.8. The average molecular weight is 412 g/mol. The topological polar surface area (TPSA) is 54.3 Å². The van der Waals surface area contributed by atoms with E-state index in [9.17, 15) is 9.18 Å². The molecule has 0 aliphatic rings. The van der Waals surface area contributed by atoms with Crippen molar-refractivity contribution in [3.05, 3.63) is 42.0 Å². The van der Waals surface area contributed by atoms with Crippen molar-refractivity contribution >= 4 is 45.0 Å². The second-order valence-corrected chi connectivity index (χ2v) is 7.61. The summed E-state index contributed by atoms with van der Waals surface area (Å²) in [4.78, 5) is 21.2. The second-order valence-electron chi connectivity index (χ2n) is 6.60. The number of carbonyl (C=O) groups is 1. The van der Waals surface area contributed by atoms with Gasteiger partial charge in [-0.05, 0) is 46.1 Å². The van der Waals surface area contributed by atoms with Crippen LogP contribution in [-0.2, 0) is 0 Å². The molecule has 146 valence electrons. The molecule has 0 atom stereocenters. The highest BCUT2D eigenvalue weighted by Crippen LogP contribution is 2.31. The third-order valence-corrected chi connectivity index (χ3v) is 5.03. The minimum Gasteiger partial charge on any atom is -0.308 e. The molecule has 9 heteroatoms. The van der Waals surface area contributed by atoms with Crippen LogP contribution < -0.4 is 4.90 Å². The molecule has 6 nitrogen and oxygen atoms in total. The van der Waals surface area contributed by atoms with Gasteiger partial charge in [-0.15, -0.1) is 12.4 Å². The number of amides is 1. The van der Waals surface area contributed by atoms with Crippen LogP contribution in [-0.4, -0.2) is 52.8 Å². The van der Waals surface area contributed by atoms with Crippen molar-refractivity contribution in [1.82, 2.24) is 19.7 Å². The molecule has 0 fully saturated rings. The first-order valence-corrected chi connectivity index (χ1v) is 9.25. The molecule has 27 heavy (non-hydrogen) atoms. The van der Waals surface area contributed by atoms with E-state index in [1.165, 1.54) is 17.4 Å². The van der Waals surface area contributed by atoms with Gasteiger partial charge in [-0.25, -0.2) is 9.37 Å². The Morgan fingerprint density at radius 3 is 2.63 bits per heavy atom. The number of aromatic nitrogens is 3. The van der Waals surface area contributed by atoms with E-state index in [0.29, 0.717) is 29.4 Å². The summed E-state index contributed by atoms with van der Waals surface area (Å²) in [7, 11) is 3.89. The van der Waals surface area contributed by atoms with Gasteiger partial charge in [0.1, 0.15) is 17.0 Å². The van der Waals surface area contributed by atoms with E-state index in [4.69, 9.17) is 0 Å². The molecule has 0 spiro atoms. The Kier molecular flexibility index (Phi) is 6.91. The highest BCUT2D eigenvalue weighted by atomic mass is 35.5. The summed E-state index contributed by atoms with van der Waals surface area (Å²) in [6.45, 7) is 5.07. The van der Waals surface area contributed by atoms with Crippen LogP contribution in [0.1, 0.15) is 30.4 Å². The molecular weight excluding hydrogens is 389 g/mol. The molecular formula is C18H23ClFN5OS. The summed E-state index contributed by atoms with van der Waals surface area (Å²) in [6, 6.07) is 6.61. The number of halogens is 2. The molecule has 3 rings (SSSR count). The Morgan fingerprint density at radius 2 is 2.00 bits per heavy atom. The van der Waals surface area contributed by atoms with E-state index in [-0.39, 0.29) is 30.2 Å². The van der Waals surface area contributed by atoms with Crippen molar-refractivity contribution in [2.75, 3.05) is 32.1 Å². The first-order valence-electron chi connectivity index (χ1n) is 8.43. The van der Waals surface area contributed by atoms with Gasteiger partial charge in [0.2, 0.25) is 0 Å². The fraction of sp³-hybridized carbons (Fsp3) is 0.389. The van der Waals surface area contributed by atoms with Gasteiger partial charge >= 0.3 is 0 Å². The lowest BCUT2D eigenvalue weighted by Gasteiger charge is -2.22. The number of rotatable bonds is 6. The molecule has 0 saturated carbocycles. The largest absolute Gasteiger partial charge is 0.308 e. The molecule has 0 radical (unpaired) electrons. The minimum atomic E-state index is -0.378. The third-order valence-electron chi connectivity index (χ3n) is 3.98. The van der Waals surface area contributed by atoms with Crippen LogP contribution in [0.2, 0.25) is 0 Å². The standard InChI is InChI=1S/C18H22FN5OS.ClH/c1-12(2)24-14(8-9-20-24)17(25)23(11-10-22(3)4)18-21-16-13(19)6-5-7-15(16)26-18;/h5-9,12H,10-11H2,1-4H3;1H. The predicted molar refractivity (Wildman–Crippen MR) is 110 cm³/mol. The Labute approximate surface area is 168 Å². The summed E-state index contributed by atoms with van der Waals surface area (Å²) in [5, 5.41) is 4.74. The number of nitrogens with zero attached hydrogens (tertiary/aromatic N) is 5. The minimum absolute atomic E-state index is 0. The van der Waals surface area contributed by atoms with Crippen molar-refractivity contribution in [2.45, 2.75) is 19.9 Å². The third kappa shape index (κ3) is 4.45. The predicted octanol–water partition coefficient (Wildman–Crippen LogP) is 3.84. The van der Waals surface area contributed by atoms with E-state index in [0.717, 1.165) is 4.70 Å². The molecule has 3 aromatic rings. The molecule has 0 saturated heterocycles. The van der Waals surface area contributed by atoms with Crippen LogP contribution in [0.15, 0.2) is 30.5 Å². The van der Waals surface area contributed by atoms with Crippen molar-refractivity contribution in [3.63, 3.8) is 0 Å². The number of fused-ring (bicyclic) bond motifs is 1. The second kappa shape index (κ2) is 8.77. The maximum absolute atomic E-state index is 14.0. The van der Waals surface area contributed by atoms with Crippen molar-refractivity contribution in [3.8, 4) is 0 Å². The van der Waals surface area contributed by atoms with Crippen molar-refractivity contribution in [2.24, 2.45) is 0 Å². The number of anilines is 1. The van der Waals surface area contributed by atoms with Crippen LogP contribution in [0.4, 0.5) is 9.52 Å². The van der Waals surface area contributed by atoms with Gasteiger partial charge in [-0.2, -0.15) is 5.10 Å². The van der Waals surface area contributed by atoms with Crippen LogP contribution in [0.5, 0.6) is 0 Å².